The summed E-state index contributed by atoms with van der Waals surface area (Å²) in [6.45, 7) is 5.35. The lowest BCUT2D eigenvalue weighted by Crippen LogP contribution is -2.53. The van der Waals surface area contributed by atoms with E-state index < -0.39 is 9.84 Å². The molecule has 0 aromatic heterocycles. The van der Waals surface area contributed by atoms with Crippen molar-refractivity contribution in [2.75, 3.05) is 61.0 Å². The number of nitrogens with zero attached hydrogens (tertiary/aromatic N) is 3. The first-order valence-electron chi connectivity index (χ1n) is 12.2. The van der Waals surface area contributed by atoms with Crippen LogP contribution in [0.3, 0.4) is 0 Å². The number of carbonyl (C=O) groups excluding carboxylic acids is 2. The van der Waals surface area contributed by atoms with Crippen molar-refractivity contribution < 1.29 is 18.0 Å². The molecule has 2 heterocycles. The van der Waals surface area contributed by atoms with Gasteiger partial charge >= 0.3 is 0 Å². The van der Waals surface area contributed by atoms with E-state index in [4.69, 9.17) is 0 Å². The molecule has 0 bridgehead atoms. The van der Waals surface area contributed by atoms with Crippen molar-refractivity contribution in [3.8, 4) is 0 Å². The summed E-state index contributed by atoms with van der Waals surface area (Å²) in [5.74, 6) is 0.0175. The monoisotopic (exact) mass is 498 g/mol. The van der Waals surface area contributed by atoms with Gasteiger partial charge in [-0.15, -0.1) is 0 Å². The molecule has 2 aliphatic heterocycles. The van der Waals surface area contributed by atoms with E-state index in [2.05, 4.69) is 22.0 Å². The second-order valence-electron chi connectivity index (χ2n) is 9.27. The molecule has 2 aliphatic rings. The van der Waals surface area contributed by atoms with Gasteiger partial charge in [0.1, 0.15) is 0 Å². The van der Waals surface area contributed by atoms with Crippen molar-refractivity contribution in [3.63, 3.8) is 0 Å². The molecule has 2 aromatic rings. The van der Waals surface area contributed by atoms with Crippen LogP contribution in [-0.2, 0) is 25.8 Å². The summed E-state index contributed by atoms with van der Waals surface area (Å²) in [6.07, 6.45) is 1.32. The molecule has 2 amide bonds. The Hall–Kier alpha value is -2.75. The van der Waals surface area contributed by atoms with Gasteiger partial charge in [0.15, 0.2) is 9.84 Å². The van der Waals surface area contributed by atoms with E-state index in [1.165, 1.54) is 0 Å². The third-order valence-corrected chi connectivity index (χ3v) is 8.49. The minimum atomic E-state index is -3.11. The number of benzene rings is 2. The van der Waals surface area contributed by atoms with Gasteiger partial charge in [0, 0.05) is 37.6 Å². The Labute approximate surface area is 207 Å². The van der Waals surface area contributed by atoms with Crippen LogP contribution < -0.4 is 10.2 Å². The maximum Gasteiger partial charge on any atom is 0.241 e. The number of rotatable bonds is 8. The topological polar surface area (TPSA) is 90.0 Å². The SMILES string of the molecule is CCc1ccccc1NC(=O)CN1CCN(CC(=O)N(c2ccccc2)[C@@H]2CCS(=O)(=O)C2)CC1. The normalized spacial score (nSPS) is 20.4. The Morgan fingerprint density at radius 2 is 1.57 bits per heavy atom. The van der Waals surface area contributed by atoms with Crippen molar-refractivity contribution >= 4 is 33.0 Å². The van der Waals surface area contributed by atoms with Crippen LogP contribution in [0.5, 0.6) is 0 Å². The van der Waals surface area contributed by atoms with E-state index >= 15 is 0 Å². The maximum atomic E-state index is 13.3. The largest absolute Gasteiger partial charge is 0.325 e. The third kappa shape index (κ3) is 6.68. The highest BCUT2D eigenvalue weighted by atomic mass is 32.2. The zero-order chi connectivity index (χ0) is 24.8. The van der Waals surface area contributed by atoms with E-state index in [0.717, 1.165) is 23.4 Å². The summed E-state index contributed by atoms with van der Waals surface area (Å²) < 4.78 is 24.2. The van der Waals surface area contributed by atoms with Gasteiger partial charge < -0.3 is 10.2 Å². The van der Waals surface area contributed by atoms with Gasteiger partial charge in [0.2, 0.25) is 11.8 Å². The molecule has 0 radical (unpaired) electrons. The van der Waals surface area contributed by atoms with Crippen LogP contribution in [0.25, 0.3) is 0 Å². The van der Waals surface area contributed by atoms with Crippen molar-refractivity contribution in [1.29, 1.82) is 0 Å². The molecule has 4 rings (SSSR count). The maximum absolute atomic E-state index is 13.3. The standard InChI is InChI=1S/C26H34N4O4S/c1-2-21-8-6-7-11-24(21)27-25(31)18-28-13-15-29(16-14-28)19-26(32)30(22-9-4-3-5-10-22)23-12-17-35(33,34)20-23/h3-11,23H,2,12-20H2,1H3,(H,27,31)/t23-/m1/s1. The number of sulfone groups is 1. The molecular formula is C26H34N4O4S. The fourth-order valence-electron chi connectivity index (χ4n) is 4.84. The molecule has 2 fully saturated rings. The van der Waals surface area contributed by atoms with Crippen molar-refractivity contribution in [2.45, 2.75) is 25.8 Å². The molecule has 35 heavy (non-hydrogen) atoms. The van der Waals surface area contributed by atoms with Gasteiger partial charge in [-0.2, -0.15) is 0 Å². The fourth-order valence-corrected chi connectivity index (χ4v) is 6.54. The van der Waals surface area contributed by atoms with Gasteiger partial charge in [-0.3, -0.25) is 19.4 Å². The van der Waals surface area contributed by atoms with E-state index in [0.29, 0.717) is 39.1 Å². The minimum absolute atomic E-state index is 0.0116. The highest BCUT2D eigenvalue weighted by molar-refractivity contribution is 7.91. The summed E-state index contributed by atoms with van der Waals surface area (Å²) in [6, 6.07) is 16.8. The number of carbonyl (C=O) groups is 2. The molecule has 0 spiro atoms. The van der Waals surface area contributed by atoms with Crippen LogP contribution in [0, 0.1) is 0 Å². The van der Waals surface area contributed by atoms with E-state index in [1.807, 2.05) is 54.6 Å². The number of para-hydroxylation sites is 2. The Balaban J connectivity index is 1.31. The third-order valence-electron chi connectivity index (χ3n) is 6.74. The molecule has 0 aliphatic carbocycles. The fraction of sp³-hybridized carbons (Fsp3) is 0.462. The van der Waals surface area contributed by atoms with E-state index in [1.54, 1.807) is 4.90 Å². The summed E-state index contributed by atoms with van der Waals surface area (Å²) in [7, 11) is -3.11. The lowest BCUT2D eigenvalue weighted by Gasteiger charge is -2.36. The van der Waals surface area contributed by atoms with Gasteiger partial charge in [-0.1, -0.05) is 43.3 Å². The van der Waals surface area contributed by atoms with Crippen LogP contribution in [0.1, 0.15) is 18.9 Å². The second-order valence-corrected chi connectivity index (χ2v) is 11.5. The van der Waals surface area contributed by atoms with Crippen LogP contribution in [-0.4, -0.2) is 86.8 Å². The van der Waals surface area contributed by atoms with E-state index in [-0.39, 0.29) is 35.9 Å². The molecule has 0 saturated carbocycles. The molecule has 2 aromatic carbocycles. The summed E-state index contributed by atoms with van der Waals surface area (Å²) >= 11 is 0. The smallest absolute Gasteiger partial charge is 0.241 e. The van der Waals surface area contributed by atoms with Gasteiger partial charge in [-0.25, -0.2) is 8.42 Å². The zero-order valence-electron chi connectivity index (χ0n) is 20.2. The first-order chi connectivity index (χ1) is 16.8. The summed E-state index contributed by atoms with van der Waals surface area (Å²) in [4.78, 5) is 31.8. The first kappa shape index (κ1) is 25.3. The number of hydrogen-bond donors (Lipinski definition) is 1. The highest BCUT2D eigenvalue weighted by Crippen LogP contribution is 2.25. The Bertz CT molecular complexity index is 1130. The van der Waals surface area contributed by atoms with Crippen LogP contribution in [0.4, 0.5) is 11.4 Å². The van der Waals surface area contributed by atoms with Crippen LogP contribution in [0.2, 0.25) is 0 Å². The predicted octanol–water partition coefficient (Wildman–Crippen LogP) is 2.03. The predicted molar refractivity (Wildman–Crippen MR) is 138 cm³/mol. The zero-order valence-corrected chi connectivity index (χ0v) is 21.0. The molecule has 2 saturated heterocycles. The molecule has 1 N–H and O–H groups in total. The molecular weight excluding hydrogens is 464 g/mol. The minimum Gasteiger partial charge on any atom is -0.325 e. The summed E-state index contributed by atoms with van der Waals surface area (Å²) in [5.41, 5.74) is 2.71. The average Bonchev–Trinajstić information content (AvgIpc) is 3.20. The molecule has 8 nitrogen and oxygen atoms in total. The number of aryl methyl sites for hydroxylation is 1. The van der Waals surface area contributed by atoms with Crippen molar-refractivity contribution in [1.82, 2.24) is 9.80 Å². The molecule has 0 unspecified atom stereocenters. The highest BCUT2D eigenvalue weighted by Gasteiger charge is 2.36. The Morgan fingerprint density at radius 3 is 2.20 bits per heavy atom. The van der Waals surface area contributed by atoms with E-state index in [9.17, 15) is 18.0 Å². The number of amides is 2. The molecule has 188 valence electrons. The molecule has 9 heteroatoms. The Kier molecular flexibility index (Phi) is 8.20. The molecule has 1 atom stereocenters. The van der Waals surface area contributed by atoms with Gasteiger partial charge in [0.05, 0.1) is 30.6 Å². The van der Waals surface area contributed by atoms with Crippen LogP contribution >= 0.6 is 0 Å². The number of nitrogens with one attached hydrogen (secondary N) is 1. The quantitative estimate of drug-likeness (QED) is 0.599. The number of hydrogen-bond acceptors (Lipinski definition) is 6. The first-order valence-corrected chi connectivity index (χ1v) is 14.1. The van der Waals surface area contributed by atoms with Crippen molar-refractivity contribution in [2.24, 2.45) is 0 Å². The number of anilines is 2. The lowest BCUT2D eigenvalue weighted by atomic mass is 10.1. The Morgan fingerprint density at radius 1 is 0.943 bits per heavy atom. The van der Waals surface area contributed by atoms with Gasteiger partial charge in [0.25, 0.3) is 0 Å². The average molecular weight is 499 g/mol. The number of piperazine rings is 1. The lowest BCUT2D eigenvalue weighted by molar-refractivity contribution is -0.121. The second kappa shape index (κ2) is 11.3. The van der Waals surface area contributed by atoms with Crippen molar-refractivity contribution in [3.05, 3.63) is 60.2 Å². The summed E-state index contributed by atoms with van der Waals surface area (Å²) in [5, 5.41) is 3.02. The van der Waals surface area contributed by atoms with Gasteiger partial charge in [-0.05, 0) is 36.6 Å². The van der Waals surface area contributed by atoms with Crippen LogP contribution in [0.15, 0.2) is 54.6 Å².